The van der Waals surface area contributed by atoms with Gasteiger partial charge in [0.25, 0.3) is 0 Å². The molecule has 1 fully saturated rings. The molecule has 8 nitrogen and oxygen atoms in total. The highest BCUT2D eigenvalue weighted by atomic mass is 16.5. The Morgan fingerprint density at radius 1 is 0.879 bits per heavy atom. The maximum atomic E-state index is 5.62. The number of methoxy groups -OCH3 is 3. The van der Waals surface area contributed by atoms with Gasteiger partial charge >= 0.3 is 0 Å². The first-order valence-electron chi connectivity index (χ1n) is 10.8. The van der Waals surface area contributed by atoms with Crippen LogP contribution >= 0.6 is 0 Å². The van der Waals surface area contributed by atoms with Gasteiger partial charge in [0.2, 0.25) is 0 Å². The Morgan fingerprint density at radius 3 is 2.39 bits per heavy atom. The highest BCUT2D eigenvalue weighted by Crippen LogP contribution is 2.36. The van der Waals surface area contributed by atoms with Crippen molar-refractivity contribution in [2.45, 2.75) is 0 Å². The Morgan fingerprint density at radius 2 is 1.64 bits per heavy atom. The van der Waals surface area contributed by atoms with E-state index in [1.807, 2.05) is 54.9 Å². The van der Waals surface area contributed by atoms with Crippen molar-refractivity contribution < 1.29 is 18.9 Å². The second-order valence-corrected chi connectivity index (χ2v) is 7.66. The number of hydrogen-bond acceptors (Lipinski definition) is 7. The molecule has 5 rings (SSSR count). The van der Waals surface area contributed by atoms with E-state index in [9.17, 15) is 0 Å². The Kier molecular flexibility index (Phi) is 5.75. The molecule has 0 atom stereocenters. The third kappa shape index (κ3) is 3.82. The van der Waals surface area contributed by atoms with Gasteiger partial charge in [-0.15, -0.1) is 0 Å². The van der Waals surface area contributed by atoms with Gasteiger partial charge in [-0.3, -0.25) is 4.40 Å². The largest absolute Gasteiger partial charge is 0.496 e. The van der Waals surface area contributed by atoms with Crippen LogP contribution in [0.25, 0.3) is 28.2 Å². The molecule has 0 saturated carbocycles. The van der Waals surface area contributed by atoms with Crippen LogP contribution in [0.4, 0.5) is 5.82 Å². The van der Waals surface area contributed by atoms with E-state index >= 15 is 0 Å². The second kappa shape index (κ2) is 8.99. The monoisotopic (exact) mass is 446 g/mol. The van der Waals surface area contributed by atoms with Gasteiger partial charge in [0, 0.05) is 30.4 Å². The molecule has 1 aliphatic rings. The molecule has 0 radical (unpaired) electrons. The SMILES string of the molecule is COc1ccc(-c2cnc3c(N4CCOCC4)nc(-c4ccccc4OC)cn23)cc1OC. The minimum Gasteiger partial charge on any atom is -0.496 e. The number of ether oxygens (including phenoxy) is 4. The molecule has 2 aromatic heterocycles. The van der Waals surface area contributed by atoms with Crippen LogP contribution in [-0.4, -0.2) is 62.0 Å². The third-order valence-electron chi connectivity index (χ3n) is 5.85. The predicted molar refractivity (Wildman–Crippen MR) is 127 cm³/mol. The first kappa shape index (κ1) is 21.1. The van der Waals surface area contributed by atoms with E-state index < -0.39 is 0 Å². The van der Waals surface area contributed by atoms with E-state index in [1.54, 1.807) is 21.3 Å². The minimum absolute atomic E-state index is 0.663. The fourth-order valence-corrected chi connectivity index (χ4v) is 4.15. The molecular formula is C25H26N4O4. The topological polar surface area (TPSA) is 70.4 Å². The number of para-hydroxylation sites is 1. The van der Waals surface area contributed by atoms with Crippen molar-refractivity contribution in [3.63, 3.8) is 0 Å². The maximum Gasteiger partial charge on any atom is 0.180 e. The summed E-state index contributed by atoms with van der Waals surface area (Å²) in [4.78, 5) is 12.0. The summed E-state index contributed by atoms with van der Waals surface area (Å²) in [5.74, 6) is 2.94. The number of aromatic nitrogens is 3. The van der Waals surface area contributed by atoms with Crippen molar-refractivity contribution in [2.75, 3.05) is 52.5 Å². The van der Waals surface area contributed by atoms with Gasteiger partial charge in [0.05, 0.1) is 52.1 Å². The Labute approximate surface area is 192 Å². The van der Waals surface area contributed by atoms with Gasteiger partial charge in [0.15, 0.2) is 23.0 Å². The van der Waals surface area contributed by atoms with Gasteiger partial charge in [0.1, 0.15) is 5.75 Å². The number of anilines is 1. The Balaban J connectivity index is 1.73. The average molecular weight is 447 g/mol. The number of hydrogen-bond donors (Lipinski definition) is 0. The van der Waals surface area contributed by atoms with E-state index in [2.05, 4.69) is 9.30 Å². The molecule has 0 unspecified atom stereocenters. The lowest BCUT2D eigenvalue weighted by molar-refractivity contribution is 0.122. The number of fused-ring (bicyclic) bond motifs is 1. The Bertz CT molecular complexity index is 1280. The van der Waals surface area contributed by atoms with Gasteiger partial charge in [-0.25, -0.2) is 9.97 Å². The number of nitrogens with zero attached hydrogens (tertiary/aromatic N) is 4. The van der Waals surface area contributed by atoms with Crippen molar-refractivity contribution in [1.82, 2.24) is 14.4 Å². The summed E-state index contributed by atoms with van der Waals surface area (Å²) in [5.41, 5.74) is 4.41. The molecule has 0 amide bonds. The molecule has 1 aliphatic heterocycles. The van der Waals surface area contributed by atoms with Crippen molar-refractivity contribution in [3.05, 3.63) is 54.9 Å². The Hall–Kier alpha value is -3.78. The first-order valence-corrected chi connectivity index (χ1v) is 10.8. The van der Waals surface area contributed by atoms with Crippen LogP contribution in [0.2, 0.25) is 0 Å². The zero-order valence-corrected chi connectivity index (χ0v) is 18.9. The minimum atomic E-state index is 0.663. The molecule has 0 spiro atoms. The molecule has 3 heterocycles. The first-order chi connectivity index (χ1) is 16.2. The summed E-state index contributed by atoms with van der Waals surface area (Å²) >= 11 is 0. The summed E-state index contributed by atoms with van der Waals surface area (Å²) in [6, 6.07) is 13.8. The van der Waals surface area contributed by atoms with Gasteiger partial charge < -0.3 is 23.8 Å². The molecule has 33 heavy (non-hydrogen) atoms. The van der Waals surface area contributed by atoms with Crippen molar-refractivity contribution in [3.8, 4) is 39.8 Å². The van der Waals surface area contributed by atoms with Crippen LogP contribution in [0.3, 0.4) is 0 Å². The van der Waals surface area contributed by atoms with E-state index in [1.165, 1.54) is 0 Å². The smallest absolute Gasteiger partial charge is 0.180 e. The van der Waals surface area contributed by atoms with Crippen LogP contribution in [0, 0.1) is 0 Å². The fraction of sp³-hybridized carbons (Fsp3) is 0.280. The molecule has 1 saturated heterocycles. The second-order valence-electron chi connectivity index (χ2n) is 7.66. The van der Waals surface area contributed by atoms with E-state index in [0.717, 1.165) is 52.8 Å². The third-order valence-corrected chi connectivity index (χ3v) is 5.85. The molecule has 0 N–H and O–H groups in total. The predicted octanol–water partition coefficient (Wildman–Crippen LogP) is 3.93. The van der Waals surface area contributed by atoms with Crippen molar-refractivity contribution in [2.24, 2.45) is 0 Å². The van der Waals surface area contributed by atoms with Crippen molar-refractivity contribution in [1.29, 1.82) is 0 Å². The summed E-state index contributed by atoms with van der Waals surface area (Å²) in [7, 11) is 4.94. The molecular weight excluding hydrogens is 420 g/mol. The summed E-state index contributed by atoms with van der Waals surface area (Å²) in [6.07, 6.45) is 3.88. The number of benzene rings is 2. The van der Waals surface area contributed by atoms with E-state index in [4.69, 9.17) is 28.9 Å². The standard InChI is InChI=1S/C25H26N4O4/c1-30-21-7-5-4-6-18(21)19-16-29-20(17-8-9-22(31-2)23(14-17)32-3)15-26-24(29)25(27-19)28-10-12-33-13-11-28/h4-9,14-16H,10-13H2,1-3H3. The highest BCUT2D eigenvalue weighted by molar-refractivity contribution is 5.77. The lowest BCUT2D eigenvalue weighted by Crippen LogP contribution is -2.37. The average Bonchev–Trinajstić information content (AvgIpc) is 3.32. The van der Waals surface area contributed by atoms with E-state index in [0.29, 0.717) is 24.7 Å². The quantitative estimate of drug-likeness (QED) is 0.445. The number of imidazole rings is 1. The number of morpholine rings is 1. The van der Waals surface area contributed by atoms with Gasteiger partial charge in [-0.1, -0.05) is 12.1 Å². The number of rotatable bonds is 6. The van der Waals surface area contributed by atoms with E-state index in [-0.39, 0.29) is 0 Å². The summed E-state index contributed by atoms with van der Waals surface area (Å²) < 4.78 is 24.2. The molecule has 170 valence electrons. The molecule has 2 aromatic carbocycles. The fourth-order valence-electron chi connectivity index (χ4n) is 4.15. The van der Waals surface area contributed by atoms with Crippen LogP contribution in [0.1, 0.15) is 0 Å². The molecule has 8 heteroatoms. The molecule has 0 aliphatic carbocycles. The highest BCUT2D eigenvalue weighted by Gasteiger charge is 2.21. The lowest BCUT2D eigenvalue weighted by atomic mass is 10.1. The molecule has 0 bridgehead atoms. The maximum absolute atomic E-state index is 5.62. The van der Waals surface area contributed by atoms with Crippen LogP contribution < -0.4 is 19.1 Å². The van der Waals surface area contributed by atoms with Crippen molar-refractivity contribution >= 4 is 11.5 Å². The molecule has 4 aromatic rings. The van der Waals surface area contributed by atoms with Gasteiger partial charge in [-0.05, 0) is 30.3 Å². The lowest BCUT2D eigenvalue weighted by Gasteiger charge is -2.28. The zero-order valence-electron chi connectivity index (χ0n) is 18.9. The summed E-state index contributed by atoms with van der Waals surface area (Å²) in [5, 5.41) is 0. The van der Waals surface area contributed by atoms with Crippen LogP contribution in [-0.2, 0) is 4.74 Å². The van der Waals surface area contributed by atoms with Gasteiger partial charge in [-0.2, -0.15) is 0 Å². The van der Waals surface area contributed by atoms with Crippen LogP contribution in [0.5, 0.6) is 17.2 Å². The zero-order chi connectivity index (χ0) is 22.8. The normalized spacial score (nSPS) is 13.8. The summed E-state index contributed by atoms with van der Waals surface area (Å²) in [6.45, 7) is 2.85. The van der Waals surface area contributed by atoms with Crippen LogP contribution in [0.15, 0.2) is 54.9 Å².